The Labute approximate surface area is 184 Å². The molecule has 1 amide bonds. The predicted molar refractivity (Wildman–Crippen MR) is 119 cm³/mol. The van der Waals surface area contributed by atoms with E-state index in [1.54, 1.807) is 31.2 Å². The van der Waals surface area contributed by atoms with Crippen molar-refractivity contribution in [2.75, 3.05) is 12.8 Å². The minimum atomic E-state index is -3.68. The number of sulfone groups is 1. The lowest BCUT2D eigenvalue weighted by molar-refractivity contribution is -0.121. The second kappa shape index (κ2) is 9.50. The molecule has 1 atom stereocenters. The van der Waals surface area contributed by atoms with Crippen molar-refractivity contribution in [2.24, 2.45) is 0 Å². The summed E-state index contributed by atoms with van der Waals surface area (Å²) in [6.45, 7) is 1.77. The Kier molecular flexibility index (Phi) is 7.18. The van der Waals surface area contributed by atoms with Crippen LogP contribution in [0.1, 0.15) is 48.9 Å². The summed E-state index contributed by atoms with van der Waals surface area (Å²) in [7, 11) is -6.95. The van der Waals surface area contributed by atoms with Gasteiger partial charge in [-0.1, -0.05) is 18.2 Å². The van der Waals surface area contributed by atoms with Gasteiger partial charge in [0.2, 0.25) is 15.9 Å². The quantitative estimate of drug-likeness (QED) is 0.624. The van der Waals surface area contributed by atoms with Crippen molar-refractivity contribution in [3.63, 3.8) is 0 Å². The SMILES string of the molecule is CC(NC(=O)CCNS(=O)(=O)c1ccc2c(c1)CCCC2)c1ccc(S(C)(=O)=O)cc1. The molecular formula is C22H28N2O5S2. The molecule has 2 aromatic rings. The van der Waals surface area contributed by atoms with Crippen LogP contribution in [0.2, 0.25) is 0 Å². The summed E-state index contributed by atoms with van der Waals surface area (Å²) >= 11 is 0. The molecule has 0 radical (unpaired) electrons. The van der Waals surface area contributed by atoms with Gasteiger partial charge < -0.3 is 5.32 Å². The number of hydrogen-bond acceptors (Lipinski definition) is 5. The number of sulfonamides is 1. The standard InChI is InChI=1S/C22H28N2O5S2/c1-16(17-7-10-20(11-8-17)30(2,26)27)24-22(25)13-14-23-31(28,29)21-12-9-18-5-3-4-6-19(18)15-21/h7-12,15-16,23H,3-6,13-14H2,1-2H3,(H,24,25). The molecule has 0 aromatic heterocycles. The molecule has 31 heavy (non-hydrogen) atoms. The van der Waals surface area contributed by atoms with Crippen LogP contribution in [0.25, 0.3) is 0 Å². The van der Waals surface area contributed by atoms with E-state index in [0.29, 0.717) is 0 Å². The molecule has 1 unspecified atom stereocenters. The summed E-state index contributed by atoms with van der Waals surface area (Å²) in [6.07, 6.45) is 5.21. The molecule has 168 valence electrons. The lowest BCUT2D eigenvalue weighted by Crippen LogP contribution is -2.32. The number of amides is 1. The molecule has 2 aromatic carbocycles. The van der Waals surface area contributed by atoms with Crippen molar-refractivity contribution >= 4 is 25.8 Å². The highest BCUT2D eigenvalue weighted by molar-refractivity contribution is 7.90. The monoisotopic (exact) mass is 464 g/mol. The number of nitrogens with one attached hydrogen (secondary N) is 2. The van der Waals surface area contributed by atoms with E-state index >= 15 is 0 Å². The first-order valence-electron chi connectivity index (χ1n) is 10.3. The largest absolute Gasteiger partial charge is 0.350 e. The van der Waals surface area contributed by atoms with Crippen molar-refractivity contribution in [1.29, 1.82) is 0 Å². The van der Waals surface area contributed by atoms with E-state index in [0.717, 1.165) is 43.1 Å². The molecule has 0 heterocycles. The number of carbonyl (C=O) groups excluding carboxylic acids is 1. The normalized spacial score (nSPS) is 15.2. The third kappa shape index (κ3) is 6.15. The summed E-state index contributed by atoms with van der Waals surface area (Å²) in [5, 5.41) is 2.80. The van der Waals surface area contributed by atoms with E-state index in [4.69, 9.17) is 0 Å². The zero-order chi connectivity index (χ0) is 22.6. The van der Waals surface area contributed by atoms with Crippen LogP contribution in [0.15, 0.2) is 52.3 Å². The molecule has 7 nitrogen and oxygen atoms in total. The van der Waals surface area contributed by atoms with Crippen molar-refractivity contribution in [1.82, 2.24) is 10.0 Å². The van der Waals surface area contributed by atoms with Crippen molar-refractivity contribution < 1.29 is 21.6 Å². The zero-order valence-corrected chi connectivity index (χ0v) is 19.4. The van der Waals surface area contributed by atoms with Crippen LogP contribution in [0, 0.1) is 0 Å². The summed E-state index contributed by atoms with van der Waals surface area (Å²) in [4.78, 5) is 12.7. The zero-order valence-electron chi connectivity index (χ0n) is 17.7. The fraction of sp³-hybridized carbons (Fsp3) is 0.409. The van der Waals surface area contributed by atoms with Gasteiger partial charge in [0.25, 0.3) is 0 Å². The van der Waals surface area contributed by atoms with Gasteiger partial charge in [0, 0.05) is 19.2 Å². The lowest BCUT2D eigenvalue weighted by atomic mass is 9.92. The van der Waals surface area contributed by atoms with Gasteiger partial charge >= 0.3 is 0 Å². The van der Waals surface area contributed by atoms with Crippen LogP contribution in [0.5, 0.6) is 0 Å². The van der Waals surface area contributed by atoms with Crippen LogP contribution in [-0.2, 0) is 37.5 Å². The van der Waals surface area contributed by atoms with Crippen molar-refractivity contribution in [3.05, 3.63) is 59.2 Å². The Morgan fingerprint density at radius 1 is 0.935 bits per heavy atom. The fourth-order valence-corrected chi connectivity index (χ4v) is 5.37. The highest BCUT2D eigenvalue weighted by Gasteiger charge is 2.18. The average molecular weight is 465 g/mol. The van der Waals surface area contributed by atoms with Gasteiger partial charge in [-0.3, -0.25) is 4.79 Å². The minimum absolute atomic E-state index is 0.00403. The summed E-state index contributed by atoms with van der Waals surface area (Å²) in [5.74, 6) is -0.298. The summed E-state index contributed by atoms with van der Waals surface area (Å²) in [6, 6.07) is 11.2. The molecule has 1 aliphatic rings. The van der Waals surface area contributed by atoms with Crippen LogP contribution in [0.3, 0.4) is 0 Å². The highest BCUT2D eigenvalue weighted by Crippen LogP contribution is 2.24. The second-order valence-electron chi connectivity index (χ2n) is 7.92. The third-order valence-corrected chi connectivity index (χ3v) is 8.05. The van der Waals surface area contributed by atoms with Gasteiger partial charge in [0.15, 0.2) is 9.84 Å². The molecule has 0 fully saturated rings. The van der Waals surface area contributed by atoms with Crippen molar-refractivity contribution in [2.45, 2.75) is 54.9 Å². The van der Waals surface area contributed by atoms with E-state index in [1.807, 2.05) is 6.07 Å². The summed E-state index contributed by atoms with van der Waals surface area (Å²) in [5.41, 5.74) is 3.06. The average Bonchev–Trinajstić information content (AvgIpc) is 2.72. The van der Waals surface area contributed by atoms with E-state index in [1.165, 1.54) is 17.7 Å². The van der Waals surface area contributed by atoms with Gasteiger partial charge in [0.05, 0.1) is 15.8 Å². The number of fused-ring (bicyclic) bond motifs is 1. The molecule has 0 saturated heterocycles. The van der Waals surface area contributed by atoms with Gasteiger partial charge in [-0.25, -0.2) is 21.6 Å². The molecule has 0 aliphatic heterocycles. The topological polar surface area (TPSA) is 109 Å². The van der Waals surface area contributed by atoms with Crippen molar-refractivity contribution in [3.8, 4) is 0 Å². The van der Waals surface area contributed by atoms with Crippen LogP contribution in [-0.4, -0.2) is 35.5 Å². The predicted octanol–water partition coefficient (Wildman–Crippen LogP) is 2.51. The second-order valence-corrected chi connectivity index (χ2v) is 11.7. The number of rotatable bonds is 8. The number of hydrogen-bond donors (Lipinski definition) is 2. The lowest BCUT2D eigenvalue weighted by Gasteiger charge is -2.17. The Bertz CT molecular complexity index is 1160. The van der Waals surface area contributed by atoms with E-state index in [-0.39, 0.29) is 34.7 Å². The van der Waals surface area contributed by atoms with Gasteiger partial charge in [-0.15, -0.1) is 0 Å². The Morgan fingerprint density at radius 2 is 1.55 bits per heavy atom. The van der Waals surface area contributed by atoms with Crippen LogP contribution >= 0.6 is 0 Å². The minimum Gasteiger partial charge on any atom is -0.350 e. The maximum atomic E-state index is 12.6. The molecule has 3 rings (SSSR count). The smallest absolute Gasteiger partial charge is 0.240 e. The molecule has 0 spiro atoms. The van der Waals surface area contributed by atoms with E-state index < -0.39 is 19.9 Å². The molecule has 1 aliphatic carbocycles. The van der Waals surface area contributed by atoms with Gasteiger partial charge in [-0.2, -0.15) is 0 Å². The number of benzene rings is 2. The first-order valence-corrected chi connectivity index (χ1v) is 13.6. The molecule has 0 bridgehead atoms. The fourth-order valence-electron chi connectivity index (χ4n) is 3.66. The molecule has 0 saturated carbocycles. The molecule has 9 heteroatoms. The number of aryl methyl sites for hydroxylation is 2. The van der Waals surface area contributed by atoms with Crippen LogP contribution < -0.4 is 10.0 Å². The Balaban J connectivity index is 1.52. The Morgan fingerprint density at radius 3 is 2.19 bits per heavy atom. The third-order valence-electron chi connectivity index (χ3n) is 5.46. The van der Waals surface area contributed by atoms with Gasteiger partial charge in [-0.05, 0) is 73.6 Å². The maximum absolute atomic E-state index is 12.6. The molecule has 2 N–H and O–H groups in total. The van der Waals surface area contributed by atoms with Gasteiger partial charge in [0.1, 0.15) is 0 Å². The van der Waals surface area contributed by atoms with E-state index in [2.05, 4.69) is 10.0 Å². The summed E-state index contributed by atoms with van der Waals surface area (Å²) < 4.78 is 50.7. The van der Waals surface area contributed by atoms with E-state index in [9.17, 15) is 21.6 Å². The van der Waals surface area contributed by atoms with Crippen LogP contribution in [0.4, 0.5) is 0 Å². The number of carbonyl (C=O) groups is 1. The first-order chi connectivity index (χ1) is 14.6. The first kappa shape index (κ1) is 23.4. The molecular weight excluding hydrogens is 436 g/mol. The maximum Gasteiger partial charge on any atom is 0.240 e. The Hall–Kier alpha value is -2.23. The highest BCUT2D eigenvalue weighted by atomic mass is 32.2.